The Hall–Kier alpha value is -3.09. The van der Waals surface area contributed by atoms with E-state index in [1.165, 1.54) is 0 Å². The minimum absolute atomic E-state index is 0.00990. The van der Waals surface area contributed by atoms with E-state index in [-0.39, 0.29) is 16.7 Å². The maximum atomic E-state index is 13.3. The van der Waals surface area contributed by atoms with Gasteiger partial charge < -0.3 is 19.3 Å². The van der Waals surface area contributed by atoms with E-state index in [1.807, 2.05) is 6.07 Å². The number of oxime groups is 1. The SMILES string of the molecule is COc1ccc(C(=O)O/N=C2\CC3(C(=O)NCc4ccco4)CCC2(C)C3(C)C)cc1. The second kappa shape index (κ2) is 7.55. The van der Waals surface area contributed by atoms with Gasteiger partial charge in [-0.15, -0.1) is 0 Å². The van der Waals surface area contributed by atoms with Crippen LogP contribution in [0.3, 0.4) is 0 Å². The van der Waals surface area contributed by atoms with Crippen LogP contribution in [-0.2, 0) is 16.2 Å². The largest absolute Gasteiger partial charge is 0.497 e. The van der Waals surface area contributed by atoms with Crippen LogP contribution in [0.25, 0.3) is 0 Å². The van der Waals surface area contributed by atoms with Gasteiger partial charge in [0.15, 0.2) is 0 Å². The Kier molecular flexibility index (Phi) is 5.15. The first-order chi connectivity index (χ1) is 14.7. The van der Waals surface area contributed by atoms with Crippen LogP contribution in [0.15, 0.2) is 52.2 Å². The predicted octanol–water partition coefficient (Wildman–Crippen LogP) is 4.33. The summed E-state index contributed by atoms with van der Waals surface area (Å²) in [6, 6.07) is 10.3. The minimum Gasteiger partial charge on any atom is -0.497 e. The Morgan fingerprint density at radius 2 is 1.87 bits per heavy atom. The molecule has 7 heteroatoms. The third-order valence-corrected chi connectivity index (χ3v) is 7.74. The lowest BCUT2D eigenvalue weighted by atomic mass is 9.64. The van der Waals surface area contributed by atoms with Crippen molar-refractivity contribution in [2.45, 2.75) is 46.6 Å². The number of carbonyl (C=O) groups excluding carboxylic acids is 2. The molecule has 4 rings (SSSR count). The summed E-state index contributed by atoms with van der Waals surface area (Å²) in [4.78, 5) is 31.1. The van der Waals surface area contributed by atoms with Crippen LogP contribution in [0.4, 0.5) is 0 Å². The van der Waals surface area contributed by atoms with E-state index in [9.17, 15) is 9.59 Å². The number of fused-ring (bicyclic) bond motifs is 2. The Morgan fingerprint density at radius 1 is 1.13 bits per heavy atom. The smallest absolute Gasteiger partial charge is 0.365 e. The molecule has 31 heavy (non-hydrogen) atoms. The van der Waals surface area contributed by atoms with Gasteiger partial charge in [-0.1, -0.05) is 25.9 Å². The number of furan rings is 1. The van der Waals surface area contributed by atoms with E-state index in [0.29, 0.717) is 30.0 Å². The second-order valence-corrected chi connectivity index (χ2v) is 9.12. The van der Waals surface area contributed by atoms with Crippen LogP contribution in [0.5, 0.6) is 5.75 Å². The maximum Gasteiger partial charge on any atom is 0.365 e. The summed E-state index contributed by atoms with van der Waals surface area (Å²) in [6.07, 6.45) is 3.64. The first kappa shape index (κ1) is 21.2. The average Bonchev–Trinajstić information content (AvgIpc) is 3.40. The summed E-state index contributed by atoms with van der Waals surface area (Å²) in [5, 5.41) is 7.30. The first-order valence-electron chi connectivity index (χ1n) is 10.5. The number of amides is 1. The van der Waals surface area contributed by atoms with Gasteiger partial charge in [-0.25, -0.2) is 4.79 Å². The van der Waals surface area contributed by atoms with Crippen molar-refractivity contribution >= 4 is 17.6 Å². The number of benzene rings is 1. The first-order valence-corrected chi connectivity index (χ1v) is 10.5. The quantitative estimate of drug-likeness (QED) is 0.550. The molecule has 0 saturated heterocycles. The van der Waals surface area contributed by atoms with Crippen LogP contribution >= 0.6 is 0 Å². The van der Waals surface area contributed by atoms with Gasteiger partial charge in [0.25, 0.3) is 0 Å². The summed E-state index contributed by atoms with van der Waals surface area (Å²) in [5.41, 5.74) is -0.101. The van der Waals surface area contributed by atoms with Crippen LogP contribution in [0.2, 0.25) is 0 Å². The second-order valence-electron chi connectivity index (χ2n) is 9.12. The van der Waals surface area contributed by atoms with Crippen molar-refractivity contribution in [3.05, 3.63) is 54.0 Å². The van der Waals surface area contributed by atoms with Crippen LogP contribution in [-0.4, -0.2) is 24.7 Å². The van der Waals surface area contributed by atoms with Gasteiger partial charge in [0.2, 0.25) is 5.91 Å². The number of nitrogens with one attached hydrogen (secondary N) is 1. The van der Waals surface area contributed by atoms with Gasteiger partial charge in [0.1, 0.15) is 11.5 Å². The molecule has 2 bridgehead atoms. The maximum absolute atomic E-state index is 13.3. The fourth-order valence-electron chi connectivity index (χ4n) is 5.15. The highest BCUT2D eigenvalue weighted by Gasteiger charge is 2.71. The van der Waals surface area contributed by atoms with Crippen molar-refractivity contribution in [1.29, 1.82) is 0 Å². The van der Waals surface area contributed by atoms with Gasteiger partial charge in [0, 0.05) is 11.8 Å². The molecule has 2 unspecified atom stereocenters. The Balaban J connectivity index is 1.52. The fourth-order valence-corrected chi connectivity index (χ4v) is 5.15. The molecule has 2 fully saturated rings. The van der Waals surface area contributed by atoms with E-state index in [1.54, 1.807) is 43.7 Å². The molecule has 1 N–H and O–H groups in total. The summed E-state index contributed by atoms with van der Waals surface area (Å²) in [5.74, 6) is 0.830. The van der Waals surface area contributed by atoms with E-state index in [2.05, 4.69) is 31.2 Å². The van der Waals surface area contributed by atoms with E-state index in [4.69, 9.17) is 14.0 Å². The Morgan fingerprint density at radius 3 is 2.52 bits per heavy atom. The van der Waals surface area contributed by atoms with Gasteiger partial charge in [-0.05, 0) is 54.7 Å². The molecule has 7 nitrogen and oxygen atoms in total. The number of hydrogen-bond donors (Lipinski definition) is 1. The zero-order chi connectivity index (χ0) is 22.3. The molecule has 2 atom stereocenters. The van der Waals surface area contributed by atoms with Crippen LogP contribution in [0, 0.1) is 16.2 Å². The standard InChI is InChI=1S/C24H28N2O5/c1-22(2)23(3)11-12-24(22,21(28)25-15-18-6-5-13-30-18)14-19(23)26-31-20(27)16-7-9-17(29-4)10-8-16/h5-10,13H,11-12,14-15H2,1-4H3,(H,25,28)/b26-19+. The van der Waals surface area contributed by atoms with Crippen molar-refractivity contribution in [1.82, 2.24) is 5.32 Å². The number of nitrogens with zero attached hydrogens (tertiary/aromatic N) is 1. The molecule has 1 heterocycles. The summed E-state index contributed by atoms with van der Waals surface area (Å²) < 4.78 is 10.4. The van der Waals surface area contributed by atoms with Gasteiger partial charge in [0.05, 0.1) is 36.6 Å². The normalized spacial score (nSPS) is 27.3. The van der Waals surface area contributed by atoms with Crippen molar-refractivity contribution in [2.75, 3.05) is 7.11 Å². The van der Waals surface area contributed by atoms with Crippen molar-refractivity contribution in [3.8, 4) is 5.75 Å². The molecule has 1 aromatic carbocycles. The third-order valence-electron chi connectivity index (χ3n) is 7.74. The number of ether oxygens (including phenoxy) is 1. The molecule has 0 radical (unpaired) electrons. The highest BCUT2D eigenvalue weighted by atomic mass is 16.7. The highest BCUT2D eigenvalue weighted by Crippen LogP contribution is 2.71. The van der Waals surface area contributed by atoms with Crippen LogP contribution in [0.1, 0.15) is 56.2 Å². The molecule has 2 saturated carbocycles. The molecular formula is C24H28N2O5. The number of methoxy groups -OCH3 is 1. The monoisotopic (exact) mass is 424 g/mol. The predicted molar refractivity (Wildman–Crippen MR) is 115 cm³/mol. The topological polar surface area (TPSA) is 90.1 Å². The number of rotatable bonds is 6. The van der Waals surface area contributed by atoms with Crippen molar-refractivity contribution in [3.63, 3.8) is 0 Å². The van der Waals surface area contributed by atoms with Crippen molar-refractivity contribution in [2.24, 2.45) is 21.4 Å². The molecular weight excluding hydrogens is 396 g/mol. The third kappa shape index (κ3) is 3.23. The van der Waals surface area contributed by atoms with E-state index >= 15 is 0 Å². The fraction of sp³-hybridized carbons (Fsp3) is 0.458. The molecule has 0 aliphatic heterocycles. The molecule has 164 valence electrons. The number of hydrogen-bond acceptors (Lipinski definition) is 6. The summed E-state index contributed by atoms with van der Waals surface area (Å²) in [6.45, 7) is 6.68. The Bertz CT molecular complexity index is 1010. The Labute approximate surface area is 181 Å². The highest BCUT2D eigenvalue weighted by molar-refractivity contribution is 6.02. The molecule has 2 aromatic rings. The van der Waals surface area contributed by atoms with Gasteiger partial charge in [-0.3, -0.25) is 4.79 Å². The lowest BCUT2D eigenvalue weighted by Crippen LogP contribution is -2.46. The van der Waals surface area contributed by atoms with Crippen LogP contribution < -0.4 is 10.1 Å². The lowest BCUT2D eigenvalue weighted by Gasteiger charge is -2.39. The van der Waals surface area contributed by atoms with E-state index < -0.39 is 11.4 Å². The summed E-state index contributed by atoms with van der Waals surface area (Å²) in [7, 11) is 1.57. The number of carbonyl (C=O) groups is 2. The van der Waals surface area contributed by atoms with E-state index in [0.717, 1.165) is 18.6 Å². The summed E-state index contributed by atoms with van der Waals surface area (Å²) >= 11 is 0. The molecule has 2 aliphatic carbocycles. The average molecular weight is 424 g/mol. The van der Waals surface area contributed by atoms with Gasteiger partial charge in [-0.2, -0.15) is 0 Å². The zero-order valence-corrected chi connectivity index (χ0v) is 18.4. The van der Waals surface area contributed by atoms with Crippen molar-refractivity contribution < 1.29 is 23.6 Å². The molecule has 1 aromatic heterocycles. The molecule has 1 amide bonds. The molecule has 2 aliphatic rings. The molecule has 0 spiro atoms. The zero-order valence-electron chi connectivity index (χ0n) is 18.4. The minimum atomic E-state index is -0.598. The lowest BCUT2D eigenvalue weighted by molar-refractivity contribution is -0.136. The van der Waals surface area contributed by atoms with Gasteiger partial charge >= 0.3 is 5.97 Å².